The van der Waals surface area contributed by atoms with Gasteiger partial charge in [-0.05, 0) is 88.6 Å². The Kier molecular flexibility index (Phi) is 12.6. The van der Waals surface area contributed by atoms with Gasteiger partial charge in [0.05, 0.1) is 43.0 Å². The lowest BCUT2D eigenvalue weighted by molar-refractivity contribution is -0.139. The second-order valence-corrected chi connectivity index (χ2v) is 18.6. The van der Waals surface area contributed by atoms with Crippen molar-refractivity contribution in [1.82, 2.24) is 29.2 Å². The molecule has 62 heavy (non-hydrogen) atoms. The molecule has 7 rings (SSSR count). The molecular weight excluding hydrogens is 783 g/mol. The third kappa shape index (κ3) is 8.06. The minimum Gasteiger partial charge on any atom is -0.453 e. The number of aliphatic imine (C=N–C) groups is 1. The quantitative estimate of drug-likeness (QED) is 0.156. The van der Waals surface area contributed by atoms with Crippen LogP contribution in [0, 0.1) is 23.7 Å². The van der Waals surface area contributed by atoms with Crippen LogP contribution in [0.4, 0.5) is 15.3 Å². The van der Waals surface area contributed by atoms with Crippen molar-refractivity contribution in [1.29, 1.82) is 0 Å². The van der Waals surface area contributed by atoms with Gasteiger partial charge in [0.2, 0.25) is 11.8 Å². The molecule has 0 spiro atoms. The first-order valence-corrected chi connectivity index (χ1v) is 22.0. The van der Waals surface area contributed by atoms with Crippen molar-refractivity contribution in [2.75, 3.05) is 41.4 Å². The predicted molar refractivity (Wildman–Crippen MR) is 242 cm³/mol. The van der Waals surface area contributed by atoms with Crippen molar-refractivity contribution in [3.8, 4) is 22.3 Å². The number of methoxy groups -OCH3 is 2. The molecule has 0 N–H and O–H groups in total. The number of likely N-dealkylation sites (N-methyl/N-ethyl adjacent to an activating group) is 2. The molecule has 3 aromatic carbocycles. The lowest BCUT2D eigenvalue weighted by atomic mass is 9.89. The minimum atomic E-state index is -0.652. The lowest BCUT2D eigenvalue weighted by Crippen LogP contribution is -2.54. The van der Waals surface area contributed by atoms with Crippen LogP contribution in [0.25, 0.3) is 33.3 Å². The van der Waals surface area contributed by atoms with Gasteiger partial charge >= 0.3 is 12.2 Å². The number of fused-ring (bicyclic) bond motifs is 2. The number of rotatable bonds is 10. The van der Waals surface area contributed by atoms with Crippen LogP contribution in [0.15, 0.2) is 65.7 Å². The van der Waals surface area contributed by atoms with Crippen LogP contribution in [0.5, 0.6) is 0 Å². The number of aromatic nitrogens is 2. The van der Waals surface area contributed by atoms with Crippen LogP contribution in [-0.2, 0) is 26.1 Å². The molecule has 13 nitrogen and oxygen atoms in total. The number of carbonyl (C=O) groups excluding carboxylic acids is 4. The van der Waals surface area contributed by atoms with Gasteiger partial charge in [-0.15, -0.1) is 0 Å². The van der Waals surface area contributed by atoms with Crippen molar-refractivity contribution in [3.05, 3.63) is 72.1 Å². The first-order valence-electron chi connectivity index (χ1n) is 22.0. The van der Waals surface area contributed by atoms with Gasteiger partial charge in [0.15, 0.2) is 0 Å². The van der Waals surface area contributed by atoms with Crippen molar-refractivity contribution < 1.29 is 28.7 Å². The molecule has 0 bridgehead atoms. The van der Waals surface area contributed by atoms with Crippen LogP contribution in [0.1, 0.15) is 84.7 Å². The highest BCUT2D eigenvalue weighted by Gasteiger charge is 2.45. The van der Waals surface area contributed by atoms with Gasteiger partial charge in [0.1, 0.15) is 17.9 Å². The first-order chi connectivity index (χ1) is 29.4. The topological polar surface area (TPSA) is 130 Å². The molecule has 0 aliphatic carbocycles. The number of benzene rings is 3. The van der Waals surface area contributed by atoms with Crippen molar-refractivity contribution in [2.24, 2.45) is 35.7 Å². The number of hydrogen-bond acceptors (Lipinski definition) is 8. The SMILES string of the molecule is COC(=O)N(C)[C@H](C(=O)N1C[C@@H](C)C[C@H]1C1=Nc2ccc(-c3ccc(-c4ccc5nc([C@@H]6C[C@H](C)CN6C(=O)[C@H](C(C)C)N(C)C(=O)OC)n(C)c5c4)cc3)cc2C1C)C(C)C. The largest absolute Gasteiger partial charge is 0.453 e. The van der Waals surface area contributed by atoms with Crippen LogP contribution in [0.2, 0.25) is 0 Å². The summed E-state index contributed by atoms with van der Waals surface area (Å²) >= 11 is 0. The number of amides is 4. The summed E-state index contributed by atoms with van der Waals surface area (Å²) in [6, 6.07) is 19.7. The Morgan fingerprint density at radius 3 is 1.66 bits per heavy atom. The van der Waals surface area contributed by atoms with E-state index in [2.05, 4.69) is 79.9 Å². The maximum absolute atomic E-state index is 14.2. The number of imidazole rings is 1. The normalized spacial score (nSPS) is 21.9. The van der Waals surface area contributed by atoms with Gasteiger partial charge in [0, 0.05) is 45.9 Å². The van der Waals surface area contributed by atoms with Gasteiger partial charge in [-0.1, -0.05) is 84.9 Å². The van der Waals surface area contributed by atoms with Gasteiger partial charge in [-0.2, -0.15) is 0 Å². The summed E-state index contributed by atoms with van der Waals surface area (Å²) in [5.41, 5.74) is 9.25. The van der Waals surface area contributed by atoms with E-state index in [1.165, 1.54) is 24.0 Å². The summed E-state index contributed by atoms with van der Waals surface area (Å²) < 4.78 is 12.1. The summed E-state index contributed by atoms with van der Waals surface area (Å²) in [5.74, 6) is 1.08. The molecule has 3 aliphatic rings. The fourth-order valence-electron chi connectivity index (χ4n) is 10.2. The van der Waals surface area contributed by atoms with Gasteiger partial charge in [-0.25, -0.2) is 14.6 Å². The number of hydrogen-bond donors (Lipinski definition) is 0. The fraction of sp³-hybridized carbons (Fsp3) is 0.510. The molecule has 0 radical (unpaired) electrons. The average Bonchev–Trinajstić information content (AvgIpc) is 4.01. The fourth-order valence-corrected chi connectivity index (χ4v) is 10.2. The maximum Gasteiger partial charge on any atom is 0.409 e. The first kappa shape index (κ1) is 44.3. The highest BCUT2D eigenvalue weighted by molar-refractivity contribution is 6.04. The second-order valence-electron chi connectivity index (χ2n) is 18.6. The summed E-state index contributed by atoms with van der Waals surface area (Å²) in [4.78, 5) is 70.2. The molecule has 2 fully saturated rings. The molecule has 4 aromatic rings. The van der Waals surface area contributed by atoms with E-state index in [4.69, 9.17) is 19.5 Å². The van der Waals surface area contributed by atoms with E-state index in [-0.39, 0.29) is 47.6 Å². The Bertz CT molecular complexity index is 2390. The molecule has 4 heterocycles. The standard InChI is InChI=1S/C49H63N7O6/c1-27(2)43(53(9)48(59)61-11)46(57)55-25-29(5)21-40(55)42-31(7)36-23-34(17-19-37(36)50-42)32-13-15-33(16-14-32)35-18-20-38-39(24-35)52(8)45(51-38)41-22-30(6)26-56(41)47(58)44(28(3)4)54(10)49(60)62-12/h13-20,23-24,27-31,40-41,43-44H,21-22,25-26H2,1-12H3/t29-,30-,31?,40-,41-,43-,44-/m0/s1. The van der Waals surface area contributed by atoms with Gasteiger partial charge in [-0.3, -0.25) is 24.4 Å². The molecule has 330 valence electrons. The predicted octanol–water partition coefficient (Wildman–Crippen LogP) is 8.69. The summed E-state index contributed by atoms with van der Waals surface area (Å²) in [5, 5.41) is 0. The molecule has 1 aromatic heterocycles. The van der Waals surface area contributed by atoms with Crippen molar-refractivity contribution >= 4 is 46.4 Å². The molecule has 13 heteroatoms. The Balaban J connectivity index is 1.09. The molecule has 1 unspecified atom stereocenters. The molecule has 3 aliphatic heterocycles. The molecule has 0 saturated carbocycles. The summed E-state index contributed by atoms with van der Waals surface area (Å²) in [7, 11) is 7.94. The minimum absolute atomic E-state index is 0.0247. The van der Waals surface area contributed by atoms with E-state index in [9.17, 15) is 19.2 Å². The molecule has 7 atom stereocenters. The van der Waals surface area contributed by atoms with Crippen LogP contribution >= 0.6 is 0 Å². The van der Waals surface area contributed by atoms with Crippen molar-refractivity contribution in [3.63, 3.8) is 0 Å². The number of likely N-dealkylation sites (tertiary alicyclic amines) is 2. The second kappa shape index (κ2) is 17.6. The van der Waals surface area contributed by atoms with E-state index in [0.29, 0.717) is 19.0 Å². The van der Waals surface area contributed by atoms with Crippen molar-refractivity contribution in [2.45, 2.75) is 91.4 Å². The number of ether oxygens (including phenoxy) is 2. The summed E-state index contributed by atoms with van der Waals surface area (Å²) in [6.45, 7) is 15.5. The Morgan fingerprint density at radius 2 is 1.15 bits per heavy atom. The Hall–Kier alpha value is -5.72. The zero-order valence-electron chi connectivity index (χ0n) is 38.4. The summed E-state index contributed by atoms with van der Waals surface area (Å²) in [6.07, 6.45) is 0.550. The zero-order valence-corrected chi connectivity index (χ0v) is 38.4. The van der Waals surface area contributed by atoms with Gasteiger partial charge < -0.3 is 23.8 Å². The monoisotopic (exact) mass is 845 g/mol. The molecule has 4 amide bonds. The molecule has 2 saturated heterocycles. The smallest absolute Gasteiger partial charge is 0.409 e. The number of nitrogens with zero attached hydrogens (tertiary/aromatic N) is 7. The Morgan fingerprint density at radius 1 is 0.677 bits per heavy atom. The van der Waals surface area contributed by atoms with E-state index in [1.54, 1.807) is 14.1 Å². The van der Waals surface area contributed by atoms with E-state index < -0.39 is 24.3 Å². The van der Waals surface area contributed by atoms with E-state index in [1.807, 2.05) is 50.6 Å². The zero-order chi connectivity index (χ0) is 44.9. The number of aryl methyl sites for hydroxylation is 1. The molecular formula is C49H63N7O6. The number of carbonyl (C=O) groups is 4. The lowest BCUT2D eigenvalue weighted by Gasteiger charge is -2.35. The van der Waals surface area contributed by atoms with Crippen LogP contribution in [0.3, 0.4) is 0 Å². The van der Waals surface area contributed by atoms with Crippen LogP contribution in [-0.4, -0.2) is 118 Å². The van der Waals surface area contributed by atoms with Crippen LogP contribution < -0.4 is 0 Å². The van der Waals surface area contributed by atoms with Gasteiger partial charge in [0.25, 0.3) is 0 Å². The Labute approximate surface area is 366 Å². The highest BCUT2D eigenvalue weighted by atomic mass is 16.5. The van der Waals surface area contributed by atoms with E-state index >= 15 is 0 Å². The maximum atomic E-state index is 14.2. The van der Waals surface area contributed by atoms with E-state index in [0.717, 1.165) is 68.9 Å². The third-order valence-corrected chi connectivity index (χ3v) is 13.4. The third-order valence-electron chi connectivity index (χ3n) is 13.4. The highest BCUT2D eigenvalue weighted by Crippen LogP contribution is 2.43. The average molecular weight is 846 g/mol.